The third kappa shape index (κ3) is 5.64. The van der Waals surface area contributed by atoms with Crippen LogP contribution < -0.4 is 0 Å². The summed E-state index contributed by atoms with van der Waals surface area (Å²) in [7, 11) is 1.58. The van der Waals surface area contributed by atoms with Crippen molar-refractivity contribution in [3.8, 4) is 0 Å². The first-order chi connectivity index (χ1) is 10.3. The molecule has 1 fully saturated rings. The van der Waals surface area contributed by atoms with Crippen LogP contribution in [0.15, 0.2) is 42.5 Å². The van der Waals surface area contributed by atoms with Gasteiger partial charge in [0.25, 0.3) is 0 Å². The SMILES string of the molecule is COC(O)C[C@H]1CCCC1/C=C/CCCc1ccccc1. The second-order valence-corrected chi connectivity index (χ2v) is 6.09. The predicted molar refractivity (Wildman–Crippen MR) is 87.0 cm³/mol. The van der Waals surface area contributed by atoms with E-state index >= 15 is 0 Å². The molecule has 0 radical (unpaired) electrons. The molecule has 1 aromatic carbocycles. The van der Waals surface area contributed by atoms with Gasteiger partial charge < -0.3 is 9.84 Å². The van der Waals surface area contributed by atoms with Crippen molar-refractivity contribution in [2.45, 2.75) is 51.2 Å². The highest BCUT2D eigenvalue weighted by Crippen LogP contribution is 2.36. The molecule has 21 heavy (non-hydrogen) atoms. The summed E-state index contributed by atoms with van der Waals surface area (Å²) in [5.74, 6) is 1.22. The van der Waals surface area contributed by atoms with E-state index < -0.39 is 6.29 Å². The quantitative estimate of drug-likeness (QED) is 0.438. The van der Waals surface area contributed by atoms with Gasteiger partial charge in [-0.05, 0) is 49.5 Å². The first-order valence-electron chi connectivity index (χ1n) is 8.21. The van der Waals surface area contributed by atoms with Gasteiger partial charge in [0, 0.05) is 13.5 Å². The van der Waals surface area contributed by atoms with Crippen LogP contribution in [0, 0.1) is 11.8 Å². The fraction of sp³-hybridized carbons (Fsp3) is 0.579. The lowest BCUT2D eigenvalue weighted by molar-refractivity contribution is -0.0886. The molecular formula is C19H28O2. The second-order valence-electron chi connectivity index (χ2n) is 6.09. The lowest BCUT2D eigenvalue weighted by Gasteiger charge is -2.19. The summed E-state index contributed by atoms with van der Waals surface area (Å²) in [6.45, 7) is 0. The van der Waals surface area contributed by atoms with Crippen LogP contribution in [0.2, 0.25) is 0 Å². The first-order valence-corrected chi connectivity index (χ1v) is 8.21. The van der Waals surface area contributed by atoms with Gasteiger partial charge in [-0.3, -0.25) is 0 Å². The van der Waals surface area contributed by atoms with Gasteiger partial charge in [0.15, 0.2) is 6.29 Å². The molecule has 1 aromatic rings. The van der Waals surface area contributed by atoms with E-state index in [9.17, 15) is 5.11 Å². The van der Waals surface area contributed by atoms with Crippen LogP contribution in [0.3, 0.4) is 0 Å². The number of methoxy groups -OCH3 is 1. The van der Waals surface area contributed by atoms with Gasteiger partial charge in [-0.1, -0.05) is 48.9 Å². The lowest BCUT2D eigenvalue weighted by atomic mass is 9.92. The van der Waals surface area contributed by atoms with Crippen molar-refractivity contribution in [2.24, 2.45) is 11.8 Å². The predicted octanol–water partition coefficient (Wildman–Crippen LogP) is 4.34. The summed E-state index contributed by atoms with van der Waals surface area (Å²) in [4.78, 5) is 0. The molecule has 3 atom stereocenters. The molecule has 0 aliphatic heterocycles. The molecule has 1 saturated carbocycles. The van der Waals surface area contributed by atoms with E-state index in [1.807, 2.05) is 0 Å². The zero-order valence-electron chi connectivity index (χ0n) is 13.1. The number of hydrogen-bond donors (Lipinski definition) is 1. The molecule has 0 saturated heterocycles. The van der Waals surface area contributed by atoms with Crippen molar-refractivity contribution in [3.63, 3.8) is 0 Å². The monoisotopic (exact) mass is 288 g/mol. The molecule has 0 bridgehead atoms. The molecule has 116 valence electrons. The number of hydrogen-bond acceptors (Lipinski definition) is 2. The standard InChI is InChI=1S/C19H28O2/c1-21-19(20)15-18-14-8-13-17(18)12-7-3-6-11-16-9-4-2-5-10-16/h2,4-5,7,9-10,12,17-20H,3,6,8,11,13-15H2,1H3/b12-7+/t17?,18-,19?/m1/s1. The average molecular weight is 288 g/mol. The van der Waals surface area contributed by atoms with Crippen LogP contribution in [0.4, 0.5) is 0 Å². The van der Waals surface area contributed by atoms with Gasteiger partial charge in [0.2, 0.25) is 0 Å². The van der Waals surface area contributed by atoms with Gasteiger partial charge >= 0.3 is 0 Å². The number of unbranched alkanes of at least 4 members (excludes halogenated alkanes) is 1. The first kappa shape index (κ1) is 16.3. The maximum Gasteiger partial charge on any atom is 0.154 e. The maximum atomic E-state index is 9.63. The Hall–Kier alpha value is -1.12. The van der Waals surface area contributed by atoms with E-state index in [0.717, 1.165) is 19.3 Å². The summed E-state index contributed by atoms with van der Waals surface area (Å²) in [6.07, 6.45) is 12.2. The van der Waals surface area contributed by atoms with Crippen LogP contribution >= 0.6 is 0 Å². The van der Waals surface area contributed by atoms with E-state index in [1.54, 1.807) is 7.11 Å². The molecule has 2 heteroatoms. The molecule has 2 rings (SSSR count). The van der Waals surface area contributed by atoms with E-state index in [0.29, 0.717) is 11.8 Å². The smallest absolute Gasteiger partial charge is 0.154 e. The molecular weight excluding hydrogens is 260 g/mol. The highest BCUT2D eigenvalue weighted by Gasteiger charge is 2.26. The number of aliphatic hydroxyl groups excluding tert-OH is 1. The largest absolute Gasteiger partial charge is 0.368 e. The van der Waals surface area contributed by atoms with Crippen molar-refractivity contribution >= 4 is 0 Å². The third-order valence-electron chi connectivity index (χ3n) is 4.56. The van der Waals surface area contributed by atoms with Crippen LogP contribution in [0.5, 0.6) is 0 Å². The Morgan fingerprint density at radius 3 is 2.86 bits per heavy atom. The summed E-state index contributed by atoms with van der Waals surface area (Å²) < 4.78 is 4.98. The molecule has 0 amide bonds. The molecule has 2 nitrogen and oxygen atoms in total. The van der Waals surface area contributed by atoms with Crippen molar-refractivity contribution in [3.05, 3.63) is 48.0 Å². The van der Waals surface area contributed by atoms with Gasteiger partial charge in [0.1, 0.15) is 0 Å². The fourth-order valence-corrected chi connectivity index (χ4v) is 3.31. The van der Waals surface area contributed by atoms with Gasteiger partial charge in [-0.2, -0.15) is 0 Å². The number of allylic oxidation sites excluding steroid dienone is 2. The van der Waals surface area contributed by atoms with Crippen LogP contribution in [0.1, 0.15) is 44.1 Å². The number of ether oxygens (including phenoxy) is 1. The number of aliphatic hydroxyl groups is 1. The lowest BCUT2D eigenvalue weighted by Crippen LogP contribution is -2.17. The Labute approximate surface area is 128 Å². The van der Waals surface area contributed by atoms with Gasteiger partial charge in [-0.15, -0.1) is 0 Å². The van der Waals surface area contributed by atoms with Crippen molar-refractivity contribution < 1.29 is 9.84 Å². The summed E-state index contributed by atoms with van der Waals surface area (Å²) in [5.41, 5.74) is 1.42. The zero-order valence-corrected chi connectivity index (χ0v) is 13.1. The topological polar surface area (TPSA) is 29.5 Å². The minimum Gasteiger partial charge on any atom is -0.368 e. The van der Waals surface area contributed by atoms with Gasteiger partial charge in [-0.25, -0.2) is 0 Å². The Balaban J connectivity index is 1.68. The summed E-state index contributed by atoms with van der Waals surface area (Å²) in [5, 5.41) is 9.63. The molecule has 0 spiro atoms. The minimum absolute atomic E-state index is 0.588. The van der Waals surface area contributed by atoms with Crippen molar-refractivity contribution in [2.75, 3.05) is 7.11 Å². The third-order valence-corrected chi connectivity index (χ3v) is 4.56. The van der Waals surface area contributed by atoms with Crippen molar-refractivity contribution in [1.29, 1.82) is 0 Å². The van der Waals surface area contributed by atoms with Crippen LogP contribution in [-0.2, 0) is 11.2 Å². The van der Waals surface area contributed by atoms with E-state index in [1.165, 1.54) is 31.2 Å². The normalized spacial score (nSPS) is 23.7. The number of rotatable bonds is 8. The Kier molecular flexibility index (Phi) is 6.98. The Bertz CT molecular complexity index is 413. The van der Waals surface area contributed by atoms with Crippen LogP contribution in [-0.4, -0.2) is 18.5 Å². The molecule has 1 aliphatic carbocycles. The van der Waals surface area contributed by atoms with E-state index in [2.05, 4.69) is 42.5 Å². The molecule has 0 aromatic heterocycles. The summed E-state index contributed by atoms with van der Waals surface area (Å²) >= 11 is 0. The maximum absolute atomic E-state index is 9.63. The zero-order chi connectivity index (χ0) is 14.9. The Morgan fingerprint density at radius 2 is 2.10 bits per heavy atom. The molecule has 2 unspecified atom stereocenters. The molecule has 1 aliphatic rings. The Morgan fingerprint density at radius 1 is 1.29 bits per heavy atom. The average Bonchev–Trinajstić information content (AvgIpc) is 2.95. The van der Waals surface area contributed by atoms with E-state index in [-0.39, 0.29) is 0 Å². The van der Waals surface area contributed by atoms with Crippen LogP contribution in [0.25, 0.3) is 0 Å². The van der Waals surface area contributed by atoms with Gasteiger partial charge in [0.05, 0.1) is 0 Å². The second kappa shape index (κ2) is 9.01. The number of aryl methyl sites for hydroxylation is 1. The highest BCUT2D eigenvalue weighted by atomic mass is 16.6. The number of benzene rings is 1. The summed E-state index contributed by atoms with van der Waals surface area (Å²) in [6, 6.07) is 10.7. The fourth-order valence-electron chi connectivity index (χ4n) is 3.31. The minimum atomic E-state index is -0.595. The molecule has 1 N–H and O–H groups in total. The molecule has 0 heterocycles. The van der Waals surface area contributed by atoms with E-state index in [4.69, 9.17) is 4.74 Å². The van der Waals surface area contributed by atoms with Crippen molar-refractivity contribution in [1.82, 2.24) is 0 Å². The highest BCUT2D eigenvalue weighted by molar-refractivity contribution is 5.14.